The van der Waals surface area contributed by atoms with Crippen LogP contribution in [0.4, 0.5) is 4.79 Å². The van der Waals surface area contributed by atoms with Crippen LogP contribution in [0.25, 0.3) is 0 Å². The second-order valence-electron chi connectivity index (χ2n) is 6.84. The topological polar surface area (TPSA) is 54.4 Å². The van der Waals surface area contributed by atoms with Crippen molar-refractivity contribution in [2.24, 2.45) is 0 Å². The van der Waals surface area contributed by atoms with Gasteiger partial charge in [-0.15, -0.1) is 0 Å². The smallest absolute Gasteiger partial charge is 0.435 e. The Labute approximate surface area is 135 Å². The largest absolute Gasteiger partial charge is 0.521 e. The molecule has 1 aliphatic rings. The van der Waals surface area contributed by atoms with Crippen LogP contribution in [0.2, 0.25) is 0 Å². The molecule has 22 heavy (non-hydrogen) atoms. The van der Waals surface area contributed by atoms with E-state index in [1.54, 1.807) is 0 Å². The third-order valence-corrected chi connectivity index (χ3v) is 5.17. The molecule has 128 valence electrons. The van der Waals surface area contributed by atoms with Crippen LogP contribution in [0.15, 0.2) is 0 Å². The maximum Gasteiger partial charge on any atom is 0.521 e. The van der Waals surface area contributed by atoms with Crippen LogP contribution in [-0.4, -0.2) is 34.2 Å². The Morgan fingerprint density at radius 2 is 1.55 bits per heavy atom. The first-order valence-corrected chi connectivity index (χ1v) is 9.20. The standard InChI is InChI=1S/C18H33NO3/c1-3-4-5-6-7-8-9-10-11-14-17(20)19(18(21)22)15-12-13-16(19)2/h16H,3-15H2,1-2H3/p+1/t16-,19?/m1/s1. The monoisotopic (exact) mass is 312 g/mol. The molecule has 4 nitrogen and oxygen atoms in total. The van der Waals surface area contributed by atoms with Crippen LogP contribution in [0.3, 0.4) is 0 Å². The number of amides is 2. The van der Waals surface area contributed by atoms with Gasteiger partial charge < -0.3 is 5.11 Å². The number of imide groups is 1. The van der Waals surface area contributed by atoms with Gasteiger partial charge in [-0.3, -0.25) is 0 Å². The number of carbonyl (C=O) groups excluding carboxylic acids is 1. The summed E-state index contributed by atoms with van der Waals surface area (Å²) in [7, 11) is 0. The van der Waals surface area contributed by atoms with Crippen molar-refractivity contribution >= 4 is 12.0 Å². The number of unbranched alkanes of at least 4 members (excludes halogenated alkanes) is 8. The average Bonchev–Trinajstić information content (AvgIpc) is 2.88. The maximum absolute atomic E-state index is 12.4. The Morgan fingerprint density at radius 3 is 2.00 bits per heavy atom. The lowest BCUT2D eigenvalue weighted by Gasteiger charge is -2.29. The van der Waals surface area contributed by atoms with Crippen molar-refractivity contribution in [3.05, 3.63) is 0 Å². The van der Waals surface area contributed by atoms with E-state index in [9.17, 15) is 14.7 Å². The summed E-state index contributed by atoms with van der Waals surface area (Å²) in [6, 6.07) is -0.0661. The molecular weight excluding hydrogens is 278 g/mol. The second-order valence-corrected chi connectivity index (χ2v) is 6.84. The summed E-state index contributed by atoms with van der Waals surface area (Å²) in [6.07, 6.45) is 12.0. The third kappa shape index (κ3) is 5.08. The van der Waals surface area contributed by atoms with Crippen molar-refractivity contribution in [1.29, 1.82) is 0 Å². The first-order valence-electron chi connectivity index (χ1n) is 9.20. The molecule has 4 heteroatoms. The quantitative estimate of drug-likeness (QED) is 0.450. The van der Waals surface area contributed by atoms with E-state index in [0.29, 0.717) is 13.0 Å². The molecule has 0 bridgehead atoms. The van der Waals surface area contributed by atoms with Gasteiger partial charge in [-0.2, -0.15) is 9.28 Å². The minimum absolute atomic E-state index is 0.0661. The van der Waals surface area contributed by atoms with Crippen LogP contribution in [0, 0.1) is 0 Å². The summed E-state index contributed by atoms with van der Waals surface area (Å²) in [6.45, 7) is 4.60. The number of quaternary nitrogens is 1. The highest BCUT2D eigenvalue weighted by Gasteiger charge is 2.52. The summed E-state index contributed by atoms with van der Waals surface area (Å²) in [5.41, 5.74) is 0. The van der Waals surface area contributed by atoms with Crippen molar-refractivity contribution in [3.8, 4) is 0 Å². The summed E-state index contributed by atoms with van der Waals surface area (Å²) < 4.78 is -0.322. The van der Waals surface area contributed by atoms with E-state index >= 15 is 0 Å². The molecule has 1 saturated heterocycles. The van der Waals surface area contributed by atoms with Crippen molar-refractivity contribution < 1.29 is 19.2 Å². The number of hydrogen-bond acceptors (Lipinski definition) is 2. The van der Waals surface area contributed by atoms with Gasteiger partial charge in [-0.05, 0) is 13.3 Å². The second kappa shape index (κ2) is 9.98. The van der Waals surface area contributed by atoms with Crippen LogP contribution in [0.1, 0.15) is 90.9 Å². The third-order valence-electron chi connectivity index (χ3n) is 5.17. The fourth-order valence-corrected chi connectivity index (χ4v) is 3.62. The molecule has 1 heterocycles. The van der Waals surface area contributed by atoms with Crippen LogP contribution in [-0.2, 0) is 4.79 Å². The Morgan fingerprint density at radius 1 is 1.00 bits per heavy atom. The Kier molecular flexibility index (Phi) is 8.69. The Bertz CT molecular complexity index is 356. The Hall–Kier alpha value is -0.900. The van der Waals surface area contributed by atoms with E-state index in [4.69, 9.17) is 0 Å². The van der Waals surface area contributed by atoms with E-state index in [1.165, 1.54) is 44.9 Å². The zero-order chi connectivity index (χ0) is 16.4. The number of carboxylic acid groups (broad SMARTS) is 1. The molecule has 0 radical (unpaired) electrons. The summed E-state index contributed by atoms with van der Waals surface area (Å²) in [5, 5.41) is 9.50. The molecule has 1 unspecified atom stereocenters. The van der Waals surface area contributed by atoms with Gasteiger partial charge in [-0.1, -0.05) is 58.3 Å². The predicted molar refractivity (Wildman–Crippen MR) is 88.7 cm³/mol. The Balaban J connectivity index is 2.19. The molecule has 1 fully saturated rings. The molecule has 0 aliphatic carbocycles. The molecule has 0 aromatic carbocycles. The van der Waals surface area contributed by atoms with Gasteiger partial charge in [-0.25, -0.2) is 4.79 Å². The molecular formula is C18H34NO3+. The van der Waals surface area contributed by atoms with E-state index in [2.05, 4.69) is 6.92 Å². The number of nitrogens with zero attached hydrogens (tertiary/aromatic N) is 1. The van der Waals surface area contributed by atoms with E-state index in [0.717, 1.165) is 25.7 Å². The first kappa shape index (κ1) is 19.1. The van der Waals surface area contributed by atoms with E-state index in [-0.39, 0.29) is 16.4 Å². The first-order chi connectivity index (χ1) is 10.6. The molecule has 1 N–H and O–H groups in total. The summed E-state index contributed by atoms with van der Waals surface area (Å²) in [5.74, 6) is -0.0829. The van der Waals surface area contributed by atoms with Gasteiger partial charge in [0, 0.05) is 12.8 Å². The molecule has 0 aromatic heterocycles. The zero-order valence-corrected chi connectivity index (χ0v) is 14.5. The summed E-state index contributed by atoms with van der Waals surface area (Å²) >= 11 is 0. The van der Waals surface area contributed by atoms with Gasteiger partial charge in [0.05, 0.1) is 13.0 Å². The maximum atomic E-state index is 12.4. The minimum Gasteiger partial charge on any atom is -0.435 e. The van der Waals surface area contributed by atoms with Gasteiger partial charge in [0.1, 0.15) is 6.04 Å². The highest BCUT2D eigenvalue weighted by molar-refractivity contribution is 5.80. The molecule has 0 saturated carbocycles. The van der Waals surface area contributed by atoms with E-state index < -0.39 is 6.09 Å². The van der Waals surface area contributed by atoms with Crippen molar-refractivity contribution in [1.82, 2.24) is 0 Å². The normalized spacial score (nSPS) is 24.5. The molecule has 0 aromatic rings. The number of rotatable bonds is 10. The average molecular weight is 312 g/mol. The fourth-order valence-electron chi connectivity index (χ4n) is 3.62. The van der Waals surface area contributed by atoms with Crippen molar-refractivity contribution in [2.45, 2.75) is 96.9 Å². The van der Waals surface area contributed by atoms with Crippen LogP contribution < -0.4 is 0 Å². The van der Waals surface area contributed by atoms with Gasteiger partial charge in [0.25, 0.3) is 0 Å². The lowest BCUT2D eigenvalue weighted by Crippen LogP contribution is -2.58. The van der Waals surface area contributed by atoms with Crippen LogP contribution >= 0.6 is 0 Å². The summed E-state index contributed by atoms with van der Waals surface area (Å²) in [4.78, 5) is 24.0. The predicted octanol–water partition coefficient (Wildman–Crippen LogP) is 5.11. The lowest BCUT2D eigenvalue weighted by atomic mass is 10.1. The lowest BCUT2D eigenvalue weighted by molar-refractivity contribution is -0.792. The number of hydrogen-bond donors (Lipinski definition) is 1. The zero-order valence-electron chi connectivity index (χ0n) is 14.5. The minimum atomic E-state index is -0.953. The van der Waals surface area contributed by atoms with Crippen LogP contribution in [0.5, 0.6) is 0 Å². The highest BCUT2D eigenvalue weighted by Crippen LogP contribution is 2.29. The fraction of sp³-hybridized carbons (Fsp3) is 0.889. The van der Waals surface area contributed by atoms with Gasteiger partial charge >= 0.3 is 12.0 Å². The van der Waals surface area contributed by atoms with Gasteiger partial charge in [0.2, 0.25) is 0 Å². The molecule has 1 aliphatic heterocycles. The molecule has 1 rings (SSSR count). The molecule has 0 spiro atoms. The van der Waals surface area contributed by atoms with Crippen molar-refractivity contribution in [3.63, 3.8) is 0 Å². The van der Waals surface area contributed by atoms with E-state index in [1.807, 2.05) is 6.92 Å². The van der Waals surface area contributed by atoms with Gasteiger partial charge in [0.15, 0.2) is 0 Å². The SMILES string of the molecule is CCCCCCCCCCCC(=O)[N+]1(C(=O)O)CCC[C@H]1C. The molecule has 2 amide bonds. The number of likely N-dealkylation sites (tertiary alicyclic amines) is 1. The van der Waals surface area contributed by atoms with Crippen molar-refractivity contribution in [2.75, 3.05) is 6.54 Å². The highest BCUT2D eigenvalue weighted by atomic mass is 16.4. The number of carbonyl (C=O) groups is 2. The molecule has 2 atom stereocenters.